The van der Waals surface area contributed by atoms with Gasteiger partial charge in [0.25, 0.3) is 14.2 Å². The van der Waals surface area contributed by atoms with E-state index in [0.717, 1.165) is 15.9 Å². The molecule has 3 aromatic carbocycles. The molecule has 1 heterocycles. The topological polar surface area (TPSA) is 116 Å². The van der Waals surface area contributed by atoms with Crippen LogP contribution in [-0.4, -0.2) is 57.6 Å². The van der Waals surface area contributed by atoms with E-state index in [2.05, 4.69) is 67.2 Å². The number of aromatic nitrogens is 1. The minimum atomic E-state index is -2.97. The van der Waals surface area contributed by atoms with Gasteiger partial charge in [0, 0.05) is 16.6 Å². The van der Waals surface area contributed by atoms with Crippen LogP contribution in [0.3, 0.4) is 0 Å². The third-order valence-corrected chi connectivity index (χ3v) is 13.0. The Morgan fingerprint density at radius 2 is 1.56 bits per heavy atom. The van der Waals surface area contributed by atoms with E-state index in [0.29, 0.717) is 10.7 Å². The highest BCUT2D eigenvalue weighted by molar-refractivity contribution is 7.13. The highest BCUT2D eigenvalue weighted by Crippen LogP contribution is 2.37. The Labute approximate surface area is 268 Å². The fourth-order valence-electron chi connectivity index (χ4n) is 5.01. The van der Waals surface area contributed by atoms with Gasteiger partial charge in [0.2, 0.25) is 0 Å². The van der Waals surface area contributed by atoms with Crippen LogP contribution in [0.15, 0.2) is 103 Å². The molecule has 0 aliphatic carbocycles. The van der Waals surface area contributed by atoms with Crippen molar-refractivity contribution in [2.24, 2.45) is 0 Å². The summed E-state index contributed by atoms with van der Waals surface area (Å²) in [6.07, 6.45) is 0.894. The van der Waals surface area contributed by atoms with Crippen molar-refractivity contribution in [2.75, 3.05) is 25.6 Å². The van der Waals surface area contributed by atoms with Gasteiger partial charge in [-0.15, -0.1) is 11.3 Å². The van der Waals surface area contributed by atoms with Crippen LogP contribution in [0.25, 0.3) is 10.6 Å². The van der Waals surface area contributed by atoms with Crippen molar-refractivity contribution in [3.8, 4) is 10.6 Å². The Bertz CT molecular complexity index is 1560. The van der Waals surface area contributed by atoms with E-state index < -0.39 is 32.3 Å². The molecule has 0 spiro atoms. The molecular formula is C34H37N3O6SSi. The molecule has 0 fully saturated rings. The summed E-state index contributed by atoms with van der Waals surface area (Å²) in [4.78, 5) is 42.6. The fourth-order valence-corrected chi connectivity index (χ4v) is 10.4. The number of anilines is 1. The zero-order valence-corrected chi connectivity index (χ0v) is 27.6. The third-order valence-electron chi connectivity index (χ3n) is 7.12. The van der Waals surface area contributed by atoms with Gasteiger partial charge in [-0.25, -0.2) is 14.6 Å². The van der Waals surface area contributed by atoms with Crippen LogP contribution in [0, 0.1) is 0 Å². The van der Waals surface area contributed by atoms with Gasteiger partial charge < -0.3 is 19.2 Å². The lowest BCUT2D eigenvalue weighted by Gasteiger charge is -2.43. The number of esters is 1. The van der Waals surface area contributed by atoms with Gasteiger partial charge in [0.1, 0.15) is 23.4 Å². The Balaban J connectivity index is 1.53. The van der Waals surface area contributed by atoms with Gasteiger partial charge in [-0.1, -0.05) is 94.1 Å². The van der Waals surface area contributed by atoms with E-state index in [9.17, 15) is 14.4 Å². The number of nitrogens with one attached hydrogen (secondary N) is 2. The van der Waals surface area contributed by atoms with Gasteiger partial charge in [-0.05, 0) is 39.7 Å². The zero-order chi connectivity index (χ0) is 32.5. The molecule has 0 saturated heterocycles. The van der Waals surface area contributed by atoms with Gasteiger partial charge >= 0.3 is 12.1 Å². The number of nitrogens with zero attached hydrogens (tertiary/aromatic N) is 1. The van der Waals surface area contributed by atoms with Crippen molar-refractivity contribution in [3.63, 3.8) is 0 Å². The number of carbonyl (C=O) groups is 3. The molecule has 4 aromatic rings. The predicted molar refractivity (Wildman–Crippen MR) is 180 cm³/mol. The van der Waals surface area contributed by atoms with Gasteiger partial charge in [0.15, 0.2) is 0 Å². The van der Waals surface area contributed by atoms with Crippen molar-refractivity contribution in [3.05, 3.63) is 109 Å². The Kier molecular flexibility index (Phi) is 11.1. The molecule has 11 heteroatoms. The Morgan fingerprint density at radius 1 is 0.956 bits per heavy atom. The summed E-state index contributed by atoms with van der Waals surface area (Å²) in [6.45, 7) is 9.94. The maximum absolute atomic E-state index is 13.4. The van der Waals surface area contributed by atoms with Gasteiger partial charge in [-0.3, -0.25) is 10.1 Å². The average Bonchev–Trinajstić information content (AvgIpc) is 3.54. The largest absolute Gasteiger partial charge is 0.467 e. The van der Waals surface area contributed by atoms with E-state index in [1.54, 1.807) is 29.6 Å². The quantitative estimate of drug-likeness (QED) is 0.121. The molecule has 1 unspecified atom stereocenters. The van der Waals surface area contributed by atoms with Crippen LogP contribution in [0.2, 0.25) is 5.04 Å². The summed E-state index contributed by atoms with van der Waals surface area (Å²) in [5, 5.41) is 9.42. The first-order valence-corrected chi connectivity index (χ1v) is 17.1. The fraction of sp³-hybridized carbons (Fsp3) is 0.235. The number of amides is 2. The van der Waals surface area contributed by atoms with Gasteiger partial charge in [0.05, 0.1) is 13.7 Å². The Hall–Kier alpha value is -4.58. The van der Waals surface area contributed by atoms with Crippen molar-refractivity contribution >= 4 is 53.7 Å². The molecule has 1 aromatic heterocycles. The first kappa shape index (κ1) is 33.3. The van der Waals surface area contributed by atoms with Crippen molar-refractivity contribution < 1.29 is 28.3 Å². The summed E-state index contributed by atoms with van der Waals surface area (Å²) in [7, 11) is -1.69. The summed E-state index contributed by atoms with van der Waals surface area (Å²) in [6, 6.07) is 26.0. The minimum Gasteiger partial charge on any atom is -0.467 e. The van der Waals surface area contributed by atoms with Crippen LogP contribution in [0.5, 0.6) is 0 Å². The smallest absolute Gasteiger partial charge is 0.411 e. The maximum Gasteiger partial charge on any atom is 0.411 e. The molecule has 234 valence electrons. The van der Waals surface area contributed by atoms with E-state index in [1.165, 1.54) is 24.5 Å². The standard InChI is InChI=1S/C34H37N3O6SSi/c1-6-21-42-33(40)35-25-19-17-24(18-20-25)31-37-29(23-44-31)30(38)36-28(32(39)41-5)22-43-45(34(2,3)4,26-13-9-7-10-14-26)27-15-11-8-12-16-27/h6-20,23,28H,1,21-22H2,2-5H3,(H,35,40)(H,36,38). The molecule has 0 radical (unpaired) electrons. The number of hydrogen-bond donors (Lipinski definition) is 2. The molecule has 2 amide bonds. The van der Waals surface area contributed by atoms with Crippen LogP contribution >= 0.6 is 11.3 Å². The molecule has 4 rings (SSSR count). The summed E-state index contributed by atoms with van der Waals surface area (Å²) in [5.41, 5.74) is 1.46. The number of rotatable bonds is 12. The van der Waals surface area contributed by atoms with E-state index in [-0.39, 0.29) is 23.9 Å². The van der Waals surface area contributed by atoms with Crippen LogP contribution < -0.4 is 21.0 Å². The molecule has 2 N–H and O–H groups in total. The minimum absolute atomic E-state index is 0.0909. The number of thiazole rings is 1. The third kappa shape index (κ3) is 7.93. The van der Waals surface area contributed by atoms with Crippen molar-refractivity contribution in [2.45, 2.75) is 31.9 Å². The molecule has 1 atom stereocenters. The van der Waals surface area contributed by atoms with Crippen LogP contribution in [0.1, 0.15) is 31.3 Å². The molecule has 0 aliphatic heterocycles. The number of ether oxygens (including phenoxy) is 2. The van der Waals surface area contributed by atoms with E-state index >= 15 is 0 Å². The normalized spacial score (nSPS) is 12.1. The van der Waals surface area contributed by atoms with Crippen molar-refractivity contribution in [1.82, 2.24) is 10.3 Å². The molecular weight excluding hydrogens is 607 g/mol. The lowest BCUT2D eigenvalue weighted by Crippen LogP contribution is -2.67. The van der Waals surface area contributed by atoms with Crippen LogP contribution in [0.4, 0.5) is 10.5 Å². The predicted octanol–water partition coefficient (Wildman–Crippen LogP) is 5.39. The lowest BCUT2D eigenvalue weighted by molar-refractivity contribution is -0.143. The molecule has 0 bridgehead atoms. The molecule has 9 nitrogen and oxygen atoms in total. The highest BCUT2D eigenvalue weighted by atomic mass is 32.1. The van der Waals surface area contributed by atoms with Crippen LogP contribution in [-0.2, 0) is 18.7 Å². The number of carbonyl (C=O) groups excluding carboxylic acids is 3. The number of methoxy groups -OCH3 is 1. The average molecular weight is 644 g/mol. The number of benzene rings is 3. The molecule has 0 aliphatic rings. The van der Waals surface area contributed by atoms with Crippen molar-refractivity contribution in [1.29, 1.82) is 0 Å². The van der Waals surface area contributed by atoms with E-state index in [4.69, 9.17) is 13.9 Å². The molecule has 0 saturated carbocycles. The zero-order valence-electron chi connectivity index (χ0n) is 25.7. The summed E-state index contributed by atoms with van der Waals surface area (Å²) >= 11 is 1.28. The highest BCUT2D eigenvalue weighted by Gasteiger charge is 2.50. The van der Waals surface area contributed by atoms with E-state index in [1.807, 2.05) is 36.4 Å². The first-order chi connectivity index (χ1) is 21.6. The monoisotopic (exact) mass is 643 g/mol. The second kappa shape index (κ2) is 14.9. The maximum atomic E-state index is 13.4. The molecule has 45 heavy (non-hydrogen) atoms. The van der Waals surface area contributed by atoms with Gasteiger partial charge in [-0.2, -0.15) is 0 Å². The SMILES string of the molecule is C=CCOC(=O)Nc1ccc(-c2nc(C(=O)NC(CO[Si](c3ccccc3)(c3ccccc3)C(C)(C)C)C(=O)OC)cs2)cc1. The summed E-state index contributed by atoms with van der Waals surface area (Å²) < 4.78 is 16.9. The number of hydrogen-bond acceptors (Lipinski definition) is 8. The first-order valence-electron chi connectivity index (χ1n) is 14.3. The summed E-state index contributed by atoms with van der Waals surface area (Å²) in [5.74, 6) is -1.14. The second-order valence-electron chi connectivity index (χ2n) is 11.2. The Morgan fingerprint density at radius 3 is 2.09 bits per heavy atom. The lowest BCUT2D eigenvalue weighted by atomic mass is 10.2. The second-order valence-corrected chi connectivity index (χ2v) is 16.3.